The minimum absolute atomic E-state index is 0.715. The number of anilines is 1. The Morgan fingerprint density at radius 1 is 1.20 bits per heavy atom. The maximum Gasteiger partial charge on any atom is 0.128 e. The molecule has 0 amide bonds. The summed E-state index contributed by atoms with van der Waals surface area (Å²) in [6.45, 7) is 3.89. The van der Waals surface area contributed by atoms with Gasteiger partial charge in [-0.3, -0.25) is 4.98 Å². The molecule has 0 saturated heterocycles. The highest BCUT2D eigenvalue weighted by Crippen LogP contribution is 2.16. The Labute approximate surface area is 118 Å². The van der Waals surface area contributed by atoms with E-state index in [1.54, 1.807) is 0 Å². The summed E-state index contributed by atoms with van der Waals surface area (Å²) in [5.74, 6) is 1.06. The standard InChI is InChI=1S/C16H18N4/c1-2-8-20-9-7-17-16(20)12-18-14-10-13-5-3-4-6-15(13)19-11-14/h3-7,9-11,18H,2,8,12H2,1H3. The first-order valence-electron chi connectivity index (χ1n) is 6.95. The third kappa shape index (κ3) is 2.64. The van der Waals surface area contributed by atoms with Gasteiger partial charge >= 0.3 is 0 Å². The fourth-order valence-corrected chi connectivity index (χ4v) is 2.30. The Morgan fingerprint density at radius 3 is 3.00 bits per heavy atom. The Morgan fingerprint density at radius 2 is 2.10 bits per heavy atom. The number of para-hydroxylation sites is 1. The van der Waals surface area contributed by atoms with E-state index in [-0.39, 0.29) is 0 Å². The summed E-state index contributed by atoms with van der Waals surface area (Å²) < 4.78 is 2.18. The summed E-state index contributed by atoms with van der Waals surface area (Å²) in [7, 11) is 0. The van der Waals surface area contributed by atoms with Crippen molar-refractivity contribution in [2.24, 2.45) is 0 Å². The lowest BCUT2D eigenvalue weighted by Gasteiger charge is -2.09. The normalized spacial score (nSPS) is 10.8. The van der Waals surface area contributed by atoms with Crippen LogP contribution in [0.3, 0.4) is 0 Å². The van der Waals surface area contributed by atoms with Crippen molar-refractivity contribution in [3.05, 3.63) is 54.7 Å². The average molecular weight is 266 g/mol. The lowest BCUT2D eigenvalue weighted by Crippen LogP contribution is -2.08. The predicted molar refractivity (Wildman–Crippen MR) is 81.6 cm³/mol. The summed E-state index contributed by atoms with van der Waals surface area (Å²) in [5.41, 5.74) is 2.04. The zero-order chi connectivity index (χ0) is 13.8. The van der Waals surface area contributed by atoms with E-state index in [2.05, 4.69) is 38.9 Å². The Kier molecular flexibility index (Phi) is 3.63. The molecule has 0 atom stereocenters. The quantitative estimate of drug-likeness (QED) is 0.769. The number of aromatic nitrogens is 3. The SMILES string of the molecule is CCCn1ccnc1CNc1cnc2ccccc2c1. The molecule has 0 aliphatic rings. The van der Waals surface area contributed by atoms with Crippen LogP contribution in [0.1, 0.15) is 19.2 Å². The zero-order valence-electron chi connectivity index (χ0n) is 11.6. The molecule has 0 aliphatic carbocycles. The topological polar surface area (TPSA) is 42.7 Å². The van der Waals surface area contributed by atoms with E-state index in [0.717, 1.165) is 35.4 Å². The minimum Gasteiger partial charge on any atom is -0.377 e. The molecule has 20 heavy (non-hydrogen) atoms. The second kappa shape index (κ2) is 5.74. The first-order chi connectivity index (χ1) is 9.86. The molecule has 102 valence electrons. The van der Waals surface area contributed by atoms with Crippen molar-refractivity contribution in [1.29, 1.82) is 0 Å². The van der Waals surface area contributed by atoms with Crippen LogP contribution in [0.2, 0.25) is 0 Å². The third-order valence-electron chi connectivity index (χ3n) is 3.31. The highest BCUT2D eigenvalue weighted by atomic mass is 15.1. The summed E-state index contributed by atoms with van der Waals surface area (Å²) in [5, 5.41) is 4.54. The summed E-state index contributed by atoms with van der Waals surface area (Å²) in [6, 6.07) is 10.2. The maximum absolute atomic E-state index is 4.45. The van der Waals surface area contributed by atoms with Crippen molar-refractivity contribution in [3.63, 3.8) is 0 Å². The van der Waals surface area contributed by atoms with Crippen LogP contribution in [0, 0.1) is 0 Å². The summed E-state index contributed by atoms with van der Waals surface area (Å²) in [4.78, 5) is 8.84. The van der Waals surface area contributed by atoms with Crippen LogP contribution in [-0.2, 0) is 13.1 Å². The molecule has 0 unspecified atom stereocenters. The number of rotatable bonds is 5. The van der Waals surface area contributed by atoms with Crippen LogP contribution in [0.4, 0.5) is 5.69 Å². The van der Waals surface area contributed by atoms with Crippen molar-refractivity contribution in [2.45, 2.75) is 26.4 Å². The number of benzene rings is 1. The molecule has 3 aromatic rings. The molecule has 0 radical (unpaired) electrons. The molecule has 0 bridgehead atoms. The van der Waals surface area contributed by atoms with Crippen LogP contribution < -0.4 is 5.32 Å². The Hall–Kier alpha value is -2.36. The van der Waals surface area contributed by atoms with Crippen molar-refractivity contribution in [2.75, 3.05) is 5.32 Å². The van der Waals surface area contributed by atoms with E-state index in [9.17, 15) is 0 Å². The molecule has 0 spiro atoms. The van der Waals surface area contributed by atoms with E-state index in [4.69, 9.17) is 0 Å². The highest BCUT2D eigenvalue weighted by Gasteiger charge is 2.02. The molecule has 0 saturated carbocycles. The van der Waals surface area contributed by atoms with Gasteiger partial charge < -0.3 is 9.88 Å². The molecule has 1 N–H and O–H groups in total. The van der Waals surface area contributed by atoms with Gasteiger partial charge in [0.15, 0.2) is 0 Å². The van der Waals surface area contributed by atoms with Gasteiger partial charge in [0.05, 0.1) is 23.9 Å². The van der Waals surface area contributed by atoms with Gasteiger partial charge in [-0.15, -0.1) is 0 Å². The number of aryl methyl sites for hydroxylation is 1. The van der Waals surface area contributed by atoms with Crippen LogP contribution in [0.15, 0.2) is 48.9 Å². The molecule has 0 fully saturated rings. The smallest absolute Gasteiger partial charge is 0.128 e. The molecule has 4 nitrogen and oxygen atoms in total. The van der Waals surface area contributed by atoms with Gasteiger partial charge in [-0.05, 0) is 18.6 Å². The molecule has 1 aromatic carbocycles. The van der Waals surface area contributed by atoms with Gasteiger partial charge in [0, 0.05) is 24.3 Å². The first-order valence-corrected chi connectivity index (χ1v) is 6.95. The molecule has 3 rings (SSSR count). The second-order valence-corrected chi connectivity index (χ2v) is 4.81. The van der Waals surface area contributed by atoms with Crippen molar-refractivity contribution in [1.82, 2.24) is 14.5 Å². The van der Waals surface area contributed by atoms with Crippen LogP contribution in [0.25, 0.3) is 10.9 Å². The van der Waals surface area contributed by atoms with Crippen molar-refractivity contribution >= 4 is 16.6 Å². The van der Waals surface area contributed by atoms with Crippen molar-refractivity contribution < 1.29 is 0 Å². The monoisotopic (exact) mass is 266 g/mol. The first kappa shape index (κ1) is 12.7. The second-order valence-electron chi connectivity index (χ2n) is 4.81. The molecular weight excluding hydrogens is 248 g/mol. The molecule has 4 heteroatoms. The molecule has 0 aliphatic heterocycles. The van der Waals surface area contributed by atoms with Gasteiger partial charge in [-0.1, -0.05) is 25.1 Å². The average Bonchev–Trinajstić information content (AvgIpc) is 2.93. The molecule has 2 aromatic heterocycles. The number of nitrogens with zero attached hydrogens (tertiary/aromatic N) is 3. The van der Waals surface area contributed by atoms with E-state index in [0.29, 0.717) is 6.54 Å². The van der Waals surface area contributed by atoms with Crippen molar-refractivity contribution in [3.8, 4) is 0 Å². The van der Waals surface area contributed by atoms with Gasteiger partial charge in [-0.2, -0.15) is 0 Å². The highest BCUT2D eigenvalue weighted by molar-refractivity contribution is 5.81. The summed E-state index contributed by atoms with van der Waals surface area (Å²) in [6.07, 6.45) is 6.86. The Bertz CT molecular complexity index is 702. The Balaban J connectivity index is 1.74. The predicted octanol–water partition coefficient (Wildman–Crippen LogP) is 3.45. The van der Waals surface area contributed by atoms with E-state index in [1.807, 2.05) is 36.8 Å². The number of nitrogens with one attached hydrogen (secondary N) is 1. The fraction of sp³-hybridized carbons (Fsp3) is 0.250. The molecular formula is C16H18N4. The lowest BCUT2D eigenvalue weighted by atomic mass is 10.2. The largest absolute Gasteiger partial charge is 0.377 e. The van der Waals surface area contributed by atoms with Crippen LogP contribution in [-0.4, -0.2) is 14.5 Å². The van der Waals surface area contributed by atoms with E-state index >= 15 is 0 Å². The van der Waals surface area contributed by atoms with Gasteiger partial charge in [0.1, 0.15) is 5.82 Å². The maximum atomic E-state index is 4.45. The molecule has 2 heterocycles. The number of hydrogen-bond donors (Lipinski definition) is 1. The number of fused-ring (bicyclic) bond motifs is 1. The number of hydrogen-bond acceptors (Lipinski definition) is 3. The van der Waals surface area contributed by atoms with Gasteiger partial charge in [-0.25, -0.2) is 4.98 Å². The minimum atomic E-state index is 0.715. The van der Waals surface area contributed by atoms with Crippen LogP contribution in [0.5, 0.6) is 0 Å². The number of imidazole rings is 1. The number of pyridine rings is 1. The van der Waals surface area contributed by atoms with Crippen LogP contribution >= 0.6 is 0 Å². The van der Waals surface area contributed by atoms with E-state index in [1.165, 1.54) is 0 Å². The van der Waals surface area contributed by atoms with Gasteiger partial charge in [0.25, 0.3) is 0 Å². The lowest BCUT2D eigenvalue weighted by molar-refractivity contribution is 0.644. The van der Waals surface area contributed by atoms with Gasteiger partial charge in [0.2, 0.25) is 0 Å². The fourth-order valence-electron chi connectivity index (χ4n) is 2.30. The summed E-state index contributed by atoms with van der Waals surface area (Å²) >= 11 is 0. The third-order valence-corrected chi connectivity index (χ3v) is 3.31. The van der Waals surface area contributed by atoms with E-state index < -0.39 is 0 Å². The zero-order valence-corrected chi connectivity index (χ0v) is 11.6.